The van der Waals surface area contributed by atoms with Crippen LogP contribution in [0.2, 0.25) is 5.02 Å². The number of anilines is 1. The van der Waals surface area contributed by atoms with Gasteiger partial charge < -0.3 is 21.3 Å². The third-order valence-corrected chi connectivity index (χ3v) is 4.18. The van der Waals surface area contributed by atoms with Crippen molar-refractivity contribution in [1.29, 1.82) is 0 Å². The van der Waals surface area contributed by atoms with E-state index < -0.39 is 0 Å². The van der Waals surface area contributed by atoms with E-state index in [0.29, 0.717) is 41.8 Å². The fourth-order valence-corrected chi connectivity index (χ4v) is 2.85. The lowest BCUT2D eigenvalue weighted by atomic mass is 10.1. The second kappa shape index (κ2) is 8.74. The Morgan fingerprint density at radius 2 is 2.04 bits per heavy atom. The van der Waals surface area contributed by atoms with E-state index >= 15 is 0 Å². The molecular weight excluding hydrogens is 363 g/mol. The Hall–Kier alpha value is -1.50. The largest absolute Gasteiger partial charge is 0.338 e. The smallest absolute Gasteiger partial charge is 0.319 e. The molecule has 0 saturated carbocycles. The number of hydrogen-bond donors (Lipinski definition) is 3. The summed E-state index contributed by atoms with van der Waals surface area (Å²) in [6.45, 7) is 7.58. The van der Waals surface area contributed by atoms with Crippen molar-refractivity contribution in [2.24, 2.45) is 11.7 Å². The van der Waals surface area contributed by atoms with Crippen molar-refractivity contribution in [1.82, 2.24) is 10.2 Å². The van der Waals surface area contributed by atoms with Crippen LogP contribution < -0.4 is 16.4 Å². The van der Waals surface area contributed by atoms with Crippen LogP contribution in [-0.2, 0) is 0 Å². The second-order valence-electron chi connectivity index (χ2n) is 7.17. The van der Waals surface area contributed by atoms with E-state index in [9.17, 15) is 9.59 Å². The molecule has 0 spiro atoms. The molecule has 2 rings (SSSR count). The van der Waals surface area contributed by atoms with Gasteiger partial charge in [0.1, 0.15) is 0 Å². The van der Waals surface area contributed by atoms with E-state index in [2.05, 4.69) is 10.6 Å². The van der Waals surface area contributed by atoms with Crippen LogP contribution in [0.1, 0.15) is 37.6 Å². The van der Waals surface area contributed by atoms with Crippen molar-refractivity contribution in [2.45, 2.75) is 32.7 Å². The monoisotopic (exact) mass is 388 g/mol. The summed E-state index contributed by atoms with van der Waals surface area (Å²) in [6, 6.07) is 4.59. The van der Waals surface area contributed by atoms with Crippen molar-refractivity contribution in [3.8, 4) is 0 Å². The number of halogens is 2. The summed E-state index contributed by atoms with van der Waals surface area (Å²) in [5.41, 5.74) is 6.25. The van der Waals surface area contributed by atoms with Gasteiger partial charge >= 0.3 is 6.03 Å². The molecule has 1 heterocycles. The quantitative estimate of drug-likeness (QED) is 0.742. The maximum absolute atomic E-state index is 12.7. The number of benzene rings is 1. The summed E-state index contributed by atoms with van der Waals surface area (Å²) in [5.74, 6) is 0.211. The highest BCUT2D eigenvalue weighted by Crippen LogP contribution is 2.25. The van der Waals surface area contributed by atoms with Crippen LogP contribution in [0.25, 0.3) is 0 Å². The van der Waals surface area contributed by atoms with Crippen molar-refractivity contribution in [3.63, 3.8) is 0 Å². The Balaban J connectivity index is 0.00000312. The Labute approximate surface area is 159 Å². The molecule has 3 amide bonds. The minimum absolute atomic E-state index is 0. The minimum Gasteiger partial charge on any atom is -0.338 e. The first-order valence-electron chi connectivity index (χ1n) is 8.07. The molecule has 0 bridgehead atoms. The molecule has 1 saturated heterocycles. The molecule has 1 fully saturated rings. The van der Waals surface area contributed by atoms with Crippen LogP contribution in [0.4, 0.5) is 10.5 Å². The highest BCUT2D eigenvalue weighted by molar-refractivity contribution is 6.34. The average Bonchev–Trinajstić information content (AvgIpc) is 2.95. The Morgan fingerprint density at radius 3 is 2.60 bits per heavy atom. The lowest BCUT2D eigenvalue weighted by Gasteiger charge is -2.21. The van der Waals surface area contributed by atoms with Gasteiger partial charge in [-0.2, -0.15) is 0 Å². The summed E-state index contributed by atoms with van der Waals surface area (Å²) in [5, 5.41) is 5.91. The van der Waals surface area contributed by atoms with Gasteiger partial charge in [0.25, 0.3) is 5.91 Å². The molecule has 1 aromatic carbocycles. The van der Waals surface area contributed by atoms with Crippen LogP contribution >= 0.6 is 24.0 Å². The first-order chi connectivity index (χ1) is 11.2. The Kier molecular flexibility index (Phi) is 7.53. The van der Waals surface area contributed by atoms with E-state index in [1.54, 1.807) is 23.1 Å². The number of hydrogen-bond acceptors (Lipinski definition) is 3. The van der Waals surface area contributed by atoms with Crippen molar-refractivity contribution in [3.05, 3.63) is 28.8 Å². The average molecular weight is 389 g/mol. The highest BCUT2D eigenvalue weighted by atomic mass is 35.5. The molecule has 0 aromatic heterocycles. The van der Waals surface area contributed by atoms with Gasteiger partial charge in [0.05, 0.1) is 10.6 Å². The summed E-state index contributed by atoms with van der Waals surface area (Å²) in [7, 11) is 0. The summed E-state index contributed by atoms with van der Waals surface area (Å²) in [4.78, 5) is 26.4. The van der Waals surface area contributed by atoms with Crippen LogP contribution in [0.15, 0.2) is 18.2 Å². The molecule has 25 heavy (non-hydrogen) atoms. The number of carbonyl (C=O) groups is 2. The minimum atomic E-state index is -0.345. The number of nitrogens with zero attached hydrogens (tertiary/aromatic N) is 1. The van der Waals surface area contributed by atoms with E-state index in [0.717, 1.165) is 6.42 Å². The van der Waals surface area contributed by atoms with Gasteiger partial charge in [-0.05, 0) is 57.9 Å². The molecule has 1 aliphatic heterocycles. The first-order valence-corrected chi connectivity index (χ1v) is 8.45. The number of nitrogens with two attached hydrogens (primary N) is 1. The topological polar surface area (TPSA) is 87.5 Å². The maximum Gasteiger partial charge on any atom is 0.319 e. The standard InChI is InChI=1S/C17H25ClN4O2.ClH/c1-17(2,3)21-16(24)20-12-4-5-14(18)13(8-12)15(23)22-7-6-11(9-19)10-22;/h4-5,8,11H,6-7,9-10,19H2,1-3H3,(H2,20,21,24);1H. The molecule has 140 valence electrons. The molecule has 1 aliphatic rings. The zero-order chi connectivity index (χ0) is 17.9. The number of urea groups is 1. The number of likely N-dealkylation sites (tertiary alicyclic amines) is 1. The normalized spacial score (nSPS) is 17.0. The van der Waals surface area contributed by atoms with E-state index in [-0.39, 0.29) is 29.9 Å². The first kappa shape index (κ1) is 21.5. The molecule has 0 aliphatic carbocycles. The number of rotatable bonds is 3. The highest BCUT2D eigenvalue weighted by Gasteiger charge is 2.27. The Bertz CT molecular complexity index is 632. The van der Waals surface area contributed by atoms with Gasteiger partial charge in [0, 0.05) is 24.3 Å². The zero-order valence-corrected chi connectivity index (χ0v) is 16.3. The Morgan fingerprint density at radius 1 is 1.36 bits per heavy atom. The van der Waals surface area contributed by atoms with Gasteiger partial charge in [-0.15, -0.1) is 12.4 Å². The third-order valence-electron chi connectivity index (χ3n) is 3.85. The van der Waals surface area contributed by atoms with E-state index in [1.807, 2.05) is 20.8 Å². The van der Waals surface area contributed by atoms with Gasteiger partial charge in [0.15, 0.2) is 0 Å². The fraction of sp³-hybridized carbons (Fsp3) is 0.529. The molecule has 1 atom stereocenters. The SMILES string of the molecule is CC(C)(C)NC(=O)Nc1ccc(Cl)c(C(=O)N2CCC(CN)C2)c1.Cl. The molecule has 0 radical (unpaired) electrons. The van der Waals surface area contributed by atoms with Gasteiger partial charge in [-0.25, -0.2) is 4.79 Å². The van der Waals surface area contributed by atoms with Crippen LogP contribution in [0.5, 0.6) is 0 Å². The molecular formula is C17H26Cl2N4O2. The van der Waals surface area contributed by atoms with Crippen molar-refractivity contribution < 1.29 is 9.59 Å². The summed E-state index contributed by atoms with van der Waals surface area (Å²) < 4.78 is 0. The summed E-state index contributed by atoms with van der Waals surface area (Å²) >= 11 is 6.18. The van der Waals surface area contributed by atoms with Crippen molar-refractivity contribution in [2.75, 3.05) is 25.0 Å². The lowest BCUT2D eigenvalue weighted by molar-refractivity contribution is 0.0788. The lowest BCUT2D eigenvalue weighted by Crippen LogP contribution is -2.43. The number of amides is 3. The van der Waals surface area contributed by atoms with Gasteiger partial charge in [-0.3, -0.25) is 4.79 Å². The molecule has 8 heteroatoms. The van der Waals surface area contributed by atoms with Gasteiger partial charge in [-0.1, -0.05) is 11.6 Å². The van der Waals surface area contributed by atoms with E-state index in [1.165, 1.54) is 0 Å². The van der Waals surface area contributed by atoms with Gasteiger partial charge in [0.2, 0.25) is 0 Å². The zero-order valence-electron chi connectivity index (χ0n) is 14.8. The number of nitrogens with one attached hydrogen (secondary N) is 2. The summed E-state index contributed by atoms with van der Waals surface area (Å²) in [6.07, 6.45) is 0.909. The van der Waals surface area contributed by atoms with Crippen LogP contribution in [0.3, 0.4) is 0 Å². The molecule has 6 nitrogen and oxygen atoms in total. The molecule has 1 unspecified atom stereocenters. The molecule has 4 N–H and O–H groups in total. The van der Waals surface area contributed by atoms with E-state index in [4.69, 9.17) is 17.3 Å². The number of carbonyl (C=O) groups excluding carboxylic acids is 2. The van der Waals surface area contributed by atoms with Crippen LogP contribution in [-0.4, -0.2) is 42.0 Å². The predicted molar refractivity (Wildman–Crippen MR) is 104 cm³/mol. The van der Waals surface area contributed by atoms with Crippen molar-refractivity contribution >= 4 is 41.6 Å². The fourth-order valence-electron chi connectivity index (χ4n) is 2.65. The predicted octanol–water partition coefficient (Wildman–Crippen LogP) is 3.10. The maximum atomic E-state index is 12.7. The van der Waals surface area contributed by atoms with Crippen LogP contribution in [0, 0.1) is 5.92 Å². The third kappa shape index (κ3) is 6.06. The second-order valence-corrected chi connectivity index (χ2v) is 7.57. The molecule has 1 aromatic rings.